The van der Waals surface area contributed by atoms with Crippen LogP contribution in [-0.2, 0) is 16.8 Å². The second kappa shape index (κ2) is 7.88. The molecule has 0 bridgehead atoms. The molecule has 1 aromatic heterocycles. The van der Waals surface area contributed by atoms with E-state index in [-0.39, 0.29) is 11.6 Å². The van der Waals surface area contributed by atoms with Crippen LogP contribution >= 0.6 is 0 Å². The number of nitrogens with zero attached hydrogens (tertiary/aromatic N) is 3. The predicted octanol–water partition coefficient (Wildman–Crippen LogP) is 4.24. The summed E-state index contributed by atoms with van der Waals surface area (Å²) >= 11 is 0. The highest BCUT2D eigenvalue weighted by Crippen LogP contribution is 2.41. The number of rotatable bonds is 2. The van der Waals surface area contributed by atoms with Crippen LogP contribution in [0.15, 0.2) is 67.0 Å². The van der Waals surface area contributed by atoms with Gasteiger partial charge >= 0.3 is 6.03 Å². The summed E-state index contributed by atoms with van der Waals surface area (Å²) in [6.45, 7) is 2.04. The first-order chi connectivity index (χ1) is 14.7. The molecule has 6 nitrogen and oxygen atoms in total. The highest BCUT2D eigenvalue weighted by molar-refractivity contribution is 5.88. The van der Waals surface area contributed by atoms with Crippen LogP contribution in [0.2, 0.25) is 0 Å². The summed E-state index contributed by atoms with van der Waals surface area (Å²) in [7, 11) is 0. The van der Waals surface area contributed by atoms with Gasteiger partial charge in [0.15, 0.2) is 5.82 Å². The van der Waals surface area contributed by atoms with Gasteiger partial charge < -0.3 is 9.64 Å². The number of hydrogen-bond donors (Lipinski definition) is 1. The van der Waals surface area contributed by atoms with E-state index in [0.29, 0.717) is 18.9 Å². The van der Waals surface area contributed by atoms with Gasteiger partial charge in [-0.2, -0.15) is 0 Å². The largest absolute Gasteiger partial charge is 0.370 e. The first kappa shape index (κ1) is 18.8. The van der Waals surface area contributed by atoms with E-state index >= 15 is 0 Å². The van der Waals surface area contributed by atoms with Crippen molar-refractivity contribution >= 4 is 11.8 Å². The number of likely N-dealkylation sites (tertiary alicyclic amines) is 1. The molecule has 1 fully saturated rings. The molecule has 0 atom stereocenters. The van der Waals surface area contributed by atoms with E-state index in [1.165, 1.54) is 11.1 Å². The van der Waals surface area contributed by atoms with Gasteiger partial charge in [-0.1, -0.05) is 54.6 Å². The lowest BCUT2D eigenvalue weighted by Gasteiger charge is -2.44. The van der Waals surface area contributed by atoms with E-state index < -0.39 is 0 Å². The number of carbonyl (C=O) groups is 1. The average molecular weight is 400 g/mol. The Balaban J connectivity index is 1.23. The number of carbonyl (C=O) groups excluding carboxylic acids is 1. The molecule has 1 saturated heterocycles. The van der Waals surface area contributed by atoms with E-state index in [1.807, 2.05) is 35.2 Å². The molecule has 2 aliphatic heterocycles. The zero-order valence-corrected chi connectivity index (χ0v) is 16.8. The molecule has 5 rings (SSSR count). The molecule has 0 radical (unpaired) electrons. The van der Waals surface area contributed by atoms with Gasteiger partial charge in [0, 0.05) is 18.7 Å². The monoisotopic (exact) mass is 400 g/mol. The minimum atomic E-state index is -0.261. The first-order valence-electron chi connectivity index (χ1n) is 10.4. The lowest BCUT2D eigenvalue weighted by molar-refractivity contribution is -0.0921. The van der Waals surface area contributed by atoms with Gasteiger partial charge in [-0.3, -0.25) is 10.3 Å². The Morgan fingerprint density at radius 3 is 2.50 bits per heavy atom. The fourth-order valence-corrected chi connectivity index (χ4v) is 4.44. The summed E-state index contributed by atoms with van der Waals surface area (Å²) in [5.74, 6) is 0.458. The summed E-state index contributed by atoms with van der Waals surface area (Å²) in [5.41, 5.74) is 4.18. The zero-order chi connectivity index (χ0) is 20.4. The SMILES string of the molecule is O=C(Nc1cnc(-c2ccccc2)cn1)N1CCC2(CC1)OCCc1ccccc12. The number of nitrogens with one attached hydrogen (secondary N) is 1. The van der Waals surface area contributed by atoms with Crippen molar-refractivity contribution in [3.05, 3.63) is 78.1 Å². The fourth-order valence-electron chi connectivity index (χ4n) is 4.44. The first-order valence-corrected chi connectivity index (χ1v) is 10.4. The van der Waals surface area contributed by atoms with E-state index in [1.54, 1.807) is 12.4 Å². The molecule has 2 amide bonds. The molecular formula is C24H24N4O2. The molecule has 0 unspecified atom stereocenters. The molecular weight excluding hydrogens is 376 g/mol. The van der Waals surface area contributed by atoms with E-state index in [0.717, 1.165) is 37.1 Å². The number of piperidine rings is 1. The third-order valence-corrected chi connectivity index (χ3v) is 6.07. The molecule has 30 heavy (non-hydrogen) atoms. The van der Waals surface area contributed by atoms with E-state index in [9.17, 15) is 4.79 Å². The topological polar surface area (TPSA) is 67.4 Å². The standard InChI is InChI=1S/C24H24N4O2/c29-23(27-22-17-25-21(16-26-22)19-7-2-1-3-8-19)28-13-11-24(12-14-28)20-9-5-4-6-18(20)10-15-30-24/h1-9,16-17H,10-15H2,(H,26,27,29). The minimum Gasteiger partial charge on any atom is -0.370 e. The van der Waals surface area contributed by atoms with Gasteiger partial charge in [0.05, 0.1) is 30.3 Å². The number of fused-ring (bicyclic) bond motifs is 2. The van der Waals surface area contributed by atoms with Crippen LogP contribution in [0.3, 0.4) is 0 Å². The van der Waals surface area contributed by atoms with Gasteiger partial charge in [0.2, 0.25) is 0 Å². The molecule has 0 saturated carbocycles. The van der Waals surface area contributed by atoms with Gasteiger partial charge in [-0.05, 0) is 30.4 Å². The summed E-state index contributed by atoms with van der Waals surface area (Å²) in [6, 6.07) is 18.2. The lowest BCUT2D eigenvalue weighted by atomic mass is 9.79. The second-order valence-electron chi connectivity index (χ2n) is 7.82. The maximum atomic E-state index is 12.7. The lowest BCUT2D eigenvalue weighted by Crippen LogP contribution is -2.49. The molecule has 2 aromatic carbocycles. The Bertz CT molecular complexity index is 1030. The Morgan fingerprint density at radius 2 is 1.73 bits per heavy atom. The highest BCUT2D eigenvalue weighted by atomic mass is 16.5. The van der Waals surface area contributed by atoms with Crippen LogP contribution in [0.1, 0.15) is 24.0 Å². The van der Waals surface area contributed by atoms with Crippen LogP contribution in [0.5, 0.6) is 0 Å². The molecule has 1 spiro atoms. The third kappa shape index (κ3) is 3.55. The Kier molecular flexibility index (Phi) is 4.93. The molecule has 0 aliphatic carbocycles. The smallest absolute Gasteiger partial charge is 0.323 e. The number of hydrogen-bond acceptors (Lipinski definition) is 4. The van der Waals surface area contributed by atoms with Gasteiger partial charge in [-0.15, -0.1) is 0 Å². The van der Waals surface area contributed by atoms with E-state index in [2.05, 4.69) is 39.6 Å². The summed E-state index contributed by atoms with van der Waals surface area (Å²) in [5, 5.41) is 2.87. The molecule has 1 N–H and O–H groups in total. The van der Waals surface area contributed by atoms with Crippen LogP contribution in [-0.4, -0.2) is 40.6 Å². The second-order valence-corrected chi connectivity index (χ2v) is 7.82. The Labute approximate surface area is 175 Å². The number of benzene rings is 2. The van der Waals surface area contributed by atoms with Crippen molar-refractivity contribution < 1.29 is 9.53 Å². The zero-order valence-electron chi connectivity index (χ0n) is 16.8. The third-order valence-electron chi connectivity index (χ3n) is 6.07. The predicted molar refractivity (Wildman–Crippen MR) is 115 cm³/mol. The maximum absolute atomic E-state index is 12.7. The van der Waals surface area contributed by atoms with Gasteiger partial charge in [0.25, 0.3) is 0 Å². The van der Waals surface area contributed by atoms with Gasteiger partial charge in [-0.25, -0.2) is 9.78 Å². The number of urea groups is 1. The van der Waals surface area contributed by atoms with Crippen LogP contribution < -0.4 is 5.32 Å². The van der Waals surface area contributed by atoms with Crippen LogP contribution in [0.25, 0.3) is 11.3 Å². The van der Waals surface area contributed by atoms with Crippen molar-refractivity contribution in [1.82, 2.24) is 14.9 Å². The molecule has 3 aromatic rings. The van der Waals surface area contributed by atoms with Crippen molar-refractivity contribution in [1.29, 1.82) is 0 Å². The molecule has 6 heteroatoms. The quantitative estimate of drug-likeness (QED) is 0.699. The molecule has 2 aliphatic rings. The number of aromatic nitrogens is 2. The minimum absolute atomic E-state index is 0.143. The van der Waals surface area contributed by atoms with Crippen LogP contribution in [0.4, 0.5) is 10.6 Å². The van der Waals surface area contributed by atoms with Crippen molar-refractivity contribution in [2.45, 2.75) is 24.9 Å². The van der Waals surface area contributed by atoms with Crippen molar-refractivity contribution in [3.8, 4) is 11.3 Å². The molecule has 152 valence electrons. The number of anilines is 1. The summed E-state index contributed by atoms with van der Waals surface area (Å²) < 4.78 is 6.25. The van der Waals surface area contributed by atoms with E-state index in [4.69, 9.17) is 4.74 Å². The summed E-state index contributed by atoms with van der Waals surface area (Å²) in [4.78, 5) is 23.4. The van der Waals surface area contributed by atoms with Gasteiger partial charge in [0.1, 0.15) is 0 Å². The fraction of sp³-hybridized carbons (Fsp3) is 0.292. The van der Waals surface area contributed by atoms with Crippen molar-refractivity contribution in [2.24, 2.45) is 0 Å². The maximum Gasteiger partial charge on any atom is 0.323 e. The number of ether oxygens (including phenoxy) is 1. The van der Waals surface area contributed by atoms with Crippen LogP contribution in [0, 0.1) is 0 Å². The van der Waals surface area contributed by atoms with Crippen molar-refractivity contribution in [2.75, 3.05) is 25.0 Å². The highest BCUT2D eigenvalue weighted by Gasteiger charge is 2.41. The normalized spacial score (nSPS) is 17.4. The van der Waals surface area contributed by atoms with Crippen molar-refractivity contribution in [3.63, 3.8) is 0 Å². The Hall–Kier alpha value is -3.25. The average Bonchev–Trinajstić information content (AvgIpc) is 2.81. The molecule has 3 heterocycles. The Morgan fingerprint density at radius 1 is 0.967 bits per heavy atom. The number of amides is 2. The summed E-state index contributed by atoms with van der Waals surface area (Å²) in [6.07, 6.45) is 5.85.